The molecule has 0 bridgehead atoms. The molecule has 1 fully saturated rings. The largest absolute Gasteiger partial charge is 0.316 e. The maximum atomic E-state index is 12.6. The van der Waals surface area contributed by atoms with Crippen LogP contribution in [0.1, 0.15) is 25.1 Å². The molecule has 1 amide bonds. The van der Waals surface area contributed by atoms with E-state index in [1.165, 1.54) is 4.90 Å². The van der Waals surface area contributed by atoms with Crippen molar-refractivity contribution >= 4 is 17.5 Å². The van der Waals surface area contributed by atoms with Gasteiger partial charge in [-0.2, -0.15) is 0 Å². The highest BCUT2D eigenvalue weighted by molar-refractivity contribution is 6.30. The highest BCUT2D eigenvalue weighted by Crippen LogP contribution is 2.28. The predicted molar refractivity (Wildman–Crippen MR) is 69.1 cm³/mol. The Balaban J connectivity index is 2.25. The Morgan fingerprint density at radius 3 is 2.53 bits per heavy atom. The van der Waals surface area contributed by atoms with Gasteiger partial charge in [-0.05, 0) is 24.1 Å². The van der Waals surface area contributed by atoms with E-state index in [9.17, 15) is 13.6 Å². The number of carbonyl (C=O) groups is 1. The van der Waals surface area contributed by atoms with E-state index in [0.29, 0.717) is 11.4 Å². The molecule has 1 aromatic carbocycles. The first-order valence-electron chi connectivity index (χ1n) is 6.13. The second-order valence-corrected chi connectivity index (χ2v) is 4.90. The minimum absolute atomic E-state index is 0.275. The second-order valence-electron chi connectivity index (χ2n) is 4.46. The third kappa shape index (κ3) is 3.04. The van der Waals surface area contributed by atoms with Crippen molar-refractivity contribution in [2.24, 2.45) is 0 Å². The van der Waals surface area contributed by atoms with Crippen molar-refractivity contribution in [3.63, 3.8) is 0 Å². The van der Waals surface area contributed by atoms with E-state index in [1.54, 1.807) is 24.3 Å². The zero-order valence-corrected chi connectivity index (χ0v) is 11.2. The predicted octanol–water partition coefficient (Wildman–Crippen LogP) is 2.81. The summed E-state index contributed by atoms with van der Waals surface area (Å²) in [6, 6.07) is 6.44. The van der Waals surface area contributed by atoms with Gasteiger partial charge < -0.3 is 4.90 Å². The Kier molecular flexibility index (Phi) is 4.37. The molecule has 2 atom stereocenters. The maximum absolute atomic E-state index is 12.6. The average Bonchev–Trinajstić information content (AvgIpc) is 2.67. The van der Waals surface area contributed by atoms with Crippen LogP contribution in [0.25, 0.3) is 0 Å². The lowest BCUT2D eigenvalue weighted by molar-refractivity contribution is -0.132. The molecule has 1 aliphatic heterocycles. The summed E-state index contributed by atoms with van der Waals surface area (Å²) in [4.78, 5) is 13.2. The molecule has 0 radical (unpaired) electrons. The van der Waals surface area contributed by atoms with Crippen LogP contribution in [-0.2, 0) is 4.79 Å². The van der Waals surface area contributed by atoms with Gasteiger partial charge in [0.1, 0.15) is 6.17 Å². The van der Waals surface area contributed by atoms with Gasteiger partial charge in [-0.15, -0.1) is 0 Å². The van der Waals surface area contributed by atoms with Gasteiger partial charge in [0, 0.05) is 5.02 Å². The van der Waals surface area contributed by atoms with Gasteiger partial charge >= 0.3 is 0 Å². The molecule has 1 heterocycles. The van der Waals surface area contributed by atoms with Crippen LogP contribution in [0.2, 0.25) is 5.02 Å². The summed E-state index contributed by atoms with van der Waals surface area (Å²) < 4.78 is 25.2. The highest BCUT2D eigenvalue weighted by Gasteiger charge is 2.39. The SMILES string of the molecule is CCC1NC(c2ccc(Cl)cc2)N(CC(F)F)C1=O. The van der Waals surface area contributed by atoms with E-state index < -0.39 is 25.2 Å². The van der Waals surface area contributed by atoms with Crippen LogP contribution in [0.3, 0.4) is 0 Å². The fraction of sp³-hybridized carbons (Fsp3) is 0.462. The number of alkyl halides is 2. The van der Waals surface area contributed by atoms with Crippen molar-refractivity contribution in [3.8, 4) is 0 Å². The number of carbonyl (C=O) groups excluding carboxylic acids is 1. The van der Waals surface area contributed by atoms with Crippen LogP contribution in [0.15, 0.2) is 24.3 Å². The molecule has 0 aromatic heterocycles. The number of halogens is 3. The number of nitrogens with one attached hydrogen (secondary N) is 1. The van der Waals surface area contributed by atoms with Gasteiger partial charge in [0.25, 0.3) is 6.43 Å². The minimum Gasteiger partial charge on any atom is -0.316 e. The molecular weight excluding hydrogens is 274 g/mol. The lowest BCUT2D eigenvalue weighted by Gasteiger charge is -2.24. The lowest BCUT2D eigenvalue weighted by Crippen LogP contribution is -2.34. The van der Waals surface area contributed by atoms with Gasteiger partial charge in [-0.25, -0.2) is 8.78 Å². The van der Waals surface area contributed by atoms with Crippen molar-refractivity contribution in [2.75, 3.05) is 6.54 Å². The molecule has 0 aliphatic carbocycles. The Hall–Kier alpha value is -1.20. The average molecular weight is 289 g/mol. The molecule has 3 nitrogen and oxygen atoms in total. The van der Waals surface area contributed by atoms with E-state index >= 15 is 0 Å². The molecule has 1 aromatic rings. The van der Waals surface area contributed by atoms with E-state index in [4.69, 9.17) is 11.6 Å². The van der Waals surface area contributed by atoms with Crippen molar-refractivity contribution in [1.29, 1.82) is 0 Å². The molecule has 0 spiro atoms. The molecule has 104 valence electrons. The van der Waals surface area contributed by atoms with Crippen LogP contribution in [0.5, 0.6) is 0 Å². The van der Waals surface area contributed by atoms with Crippen LogP contribution in [0.4, 0.5) is 8.78 Å². The highest BCUT2D eigenvalue weighted by atomic mass is 35.5. The Bertz CT molecular complexity index is 452. The van der Waals surface area contributed by atoms with Crippen LogP contribution in [0, 0.1) is 0 Å². The van der Waals surface area contributed by atoms with Crippen LogP contribution >= 0.6 is 11.6 Å². The van der Waals surface area contributed by atoms with Crippen molar-refractivity contribution < 1.29 is 13.6 Å². The number of hydrogen-bond acceptors (Lipinski definition) is 2. The van der Waals surface area contributed by atoms with Gasteiger partial charge in [0.05, 0.1) is 12.6 Å². The molecule has 19 heavy (non-hydrogen) atoms. The monoisotopic (exact) mass is 288 g/mol. The molecule has 6 heteroatoms. The Labute approximate surface area is 115 Å². The fourth-order valence-electron chi connectivity index (χ4n) is 2.24. The molecule has 1 saturated heterocycles. The van der Waals surface area contributed by atoms with E-state index in [2.05, 4.69) is 5.32 Å². The number of rotatable bonds is 4. The molecule has 2 rings (SSSR count). The smallest absolute Gasteiger partial charge is 0.255 e. The Morgan fingerprint density at radius 2 is 2.00 bits per heavy atom. The summed E-state index contributed by atoms with van der Waals surface area (Å²) in [6.07, 6.45) is -2.48. The fourth-order valence-corrected chi connectivity index (χ4v) is 2.36. The van der Waals surface area contributed by atoms with Crippen LogP contribution < -0.4 is 5.32 Å². The summed E-state index contributed by atoms with van der Waals surface area (Å²) >= 11 is 5.80. The summed E-state index contributed by atoms with van der Waals surface area (Å²) in [5, 5.41) is 3.65. The van der Waals surface area contributed by atoms with Gasteiger partial charge in [0.2, 0.25) is 5.91 Å². The summed E-state index contributed by atoms with van der Waals surface area (Å²) in [7, 11) is 0. The first-order chi connectivity index (χ1) is 9.02. The first-order valence-corrected chi connectivity index (χ1v) is 6.51. The normalized spacial score (nSPS) is 23.4. The van der Waals surface area contributed by atoms with Gasteiger partial charge in [0.15, 0.2) is 0 Å². The van der Waals surface area contributed by atoms with Gasteiger partial charge in [-0.1, -0.05) is 30.7 Å². The third-order valence-electron chi connectivity index (χ3n) is 3.18. The first kappa shape index (κ1) is 14.2. The summed E-state index contributed by atoms with van der Waals surface area (Å²) in [5.74, 6) is -0.275. The molecule has 1 N–H and O–H groups in total. The summed E-state index contributed by atoms with van der Waals surface area (Å²) in [5.41, 5.74) is 0.759. The van der Waals surface area contributed by atoms with Crippen molar-refractivity contribution in [1.82, 2.24) is 10.2 Å². The van der Waals surface area contributed by atoms with Crippen LogP contribution in [-0.4, -0.2) is 29.8 Å². The molecule has 0 saturated carbocycles. The van der Waals surface area contributed by atoms with E-state index in [-0.39, 0.29) is 5.91 Å². The zero-order valence-electron chi connectivity index (χ0n) is 10.4. The molecule has 2 unspecified atom stereocenters. The zero-order chi connectivity index (χ0) is 14.0. The number of benzene rings is 1. The number of hydrogen-bond donors (Lipinski definition) is 1. The lowest BCUT2D eigenvalue weighted by atomic mass is 10.1. The molecule has 1 aliphatic rings. The van der Waals surface area contributed by atoms with E-state index in [0.717, 1.165) is 5.56 Å². The third-order valence-corrected chi connectivity index (χ3v) is 3.43. The van der Waals surface area contributed by atoms with Crippen molar-refractivity contribution in [2.45, 2.75) is 32.0 Å². The quantitative estimate of drug-likeness (QED) is 0.924. The summed E-state index contributed by atoms with van der Waals surface area (Å²) in [6.45, 7) is 1.29. The number of nitrogens with zero attached hydrogens (tertiary/aromatic N) is 1. The minimum atomic E-state index is -2.55. The second kappa shape index (κ2) is 5.84. The molecular formula is C13H15ClF2N2O. The van der Waals surface area contributed by atoms with Gasteiger partial charge in [-0.3, -0.25) is 10.1 Å². The standard InChI is InChI=1S/C13H15ClF2N2O/c1-2-10-13(19)18(7-11(15)16)12(17-10)8-3-5-9(14)6-4-8/h3-6,10-12,17H,2,7H2,1H3. The number of amides is 1. The Morgan fingerprint density at radius 1 is 1.37 bits per heavy atom. The van der Waals surface area contributed by atoms with E-state index in [1.807, 2.05) is 6.92 Å². The maximum Gasteiger partial charge on any atom is 0.255 e. The topological polar surface area (TPSA) is 32.3 Å². The van der Waals surface area contributed by atoms with Crippen molar-refractivity contribution in [3.05, 3.63) is 34.9 Å².